The first-order chi connectivity index (χ1) is 7.98. The standard InChI is InChI=1S/C13H12O/c1-3-10-4-5-12-9-13(14-2)7-6-11(12)8-10/h3-9H,1H2,2H3/i2D3. The number of ether oxygens (including phenoxy) is 1. The largest absolute Gasteiger partial charge is 0.497 e. The molecule has 0 bridgehead atoms. The van der Waals surface area contributed by atoms with E-state index in [-0.39, 0.29) is 0 Å². The van der Waals surface area contributed by atoms with Crippen molar-refractivity contribution in [3.8, 4) is 5.75 Å². The van der Waals surface area contributed by atoms with Crippen molar-refractivity contribution in [1.82, 2.24) is 0 Å². The summed E-state index contributed by atoms with van der Waals surface area (Å²) in [6.45, 7) is 3.70. The van der Waals surface area contributed by atoms with Gasteiger partial charge in [-0.15, -0.1) is 0 Å². The fraction of sp³-hybridized carbons (Fsp3) is 0.0769. The van der Waals surface area contributed by atoms with E-state index in [1.54, 1.807) is 18.2 Å². The summed E-state index contributed by atoms with van der Waals surface area (Å²) in [4.78, 5) is 0. The number of fused-ring (bicyclic) bond motifs is 1. The highest BCUT2D eigenvalue weighted by Gasteiger charge is 1.96. The van der Waals surface area contributed by atoms with Gasteiger partial charge in [-0.3, -0.25) is 0 Å². The molecule has 0 saturated heterocycles. The first-order valence-electron chi connectivity index (χ1n) is 5.83. The van der Waals surface area contributed by atoms with E-state index in [0.29, 0.717) is 5.75 Å². The van der Waals surface area contributed by atoms with Gasteiger partial charge >= 0.3 is 0 Å². The third-order valence-corrected chi connectivity index (χ3v) is 2.19. The van der Waals surface area contributed by atoms with E-state index in [0.717, 1.165) is 16.3 Å². The first-order valence-corrected chi connectivity index (χ1v) is 4.33. The SMILES string of the molecule is [2H]C([2H])([2H])Oc1ccc2cc(C=C)ccc2c1. The minimum Gasteiger partial charge on any atom is -0.497 e. The third-order valence-electron chi connectivity index (χ3n) is 2.19. The van der Waals surface area contributed by atoms with Crippen LogP contribution in [0, 0.1) is 0 Å². The summed E-state index contributed by atoms with van der Waals surface area (Å²) in [5.74, 6) is 0.351. The maximum absolute atomic E-state index is 7.04. The van der Waals surface area contributed by atoms with Gasteiger partial charge in [-0.2, -0.15) is 0 Å². The minimum atomic E-state index is -2.41. The monoisotopic (exact) mass is 187 g/mol. The average molecular weight is 187 g/mol. The van der Waals surface area contributed by atoms with Gasteiger partial charge in [0.15, 0.2) is 0 Å². The summed E-state index contributed by atoms with van der Waals surface area (Å²) in [5.41, 5.74) is 1.03. The van der Waals surface area contributed by atoms with Gasteiger partial charge in [-0.05, 0) is 34.5 Å². The quantitative estimate of drug-likeness (QED) is 0.699. The molecule has 0 atom stereocenters. The van der Waals surface area contributed by atoms with Gasteiger partial charge in [-0.1, -0.05) is 30.9 Å². The lowest BCUT2D eigenvalue weighted by Gasteiger charge is -2.03. The van der Waals surface area contributed by atoms with Crippen LogP contribution in [0.15, 0.2) is 43.0 Å². The smallest absolute Gasteiger partial charge is 0.119 e. The molecule has 0 spiro atoms. The Morgan fingerprint density at radius 3 is 2.79 bits per heavy atom. The van der Waals surface area contributed by atoms with Crippen LogP contribution in [0.2, 0.25) is 0 Å². The highest BCUT2D eigenvalue weighted by molar-refractivity contribution is 5.85. The van der Waals surface area contributed by atoms with Gasteiger partial charge < -0.3 is 4.74 Å². The molecule has 0 heterocycles. The predicted octanol–water partition coefficient (Wildman–Crippen LogP) is 3.49. The molecule has 0 fully saturated rings. The van der Waals surface area contributed by atoms with Crippen LogP contribution in [0.3, 0.4) is 0 Å². The zero-order chi connectivity index (χ0) is 12.5. The van der Waals surface area contributed by atoms with Crippen LogP contribution in [-0.4, -0.2) is 7.04 Å². The second kappa shape index (κ2) is 3.54. The summed E-state index contributed by atoms with van der Waals surface area (Å²) >= 11 is 0. The third kappa shape index (κ3) is 1.49. The molecule has 0 aliphatic rings. The normalized spacial score (nSPS) is 14.1. The van der Waals surface area contributed by atoms with Crippen molar-refractivity contribution in [2.24, 2.45) is 0 Å². The lowest BCUT2D eigenvalue weighted by molar-refractivity contribution is 0.415. The van der Waals surface area contributed by atoms with Gasteiger partial charge in [-0.25, -0.2) is 0 Å². The van der Waals surface area contributed by atoms with E-state index in [1.807, 2.05) is 24.3 Å². The van der Waals surface area contributed by atoms with E-state index >= 15 is 0 Å². The molecule has 0 aliphatic carbocycles. The molecule has 2 rings (SSSR count). The number of hydrogen-bond acceptors (Lipinski definition) is 1. The number of benzene rings is 2. The number of hydrogen-bond donors (Lipinski definition) is 0. The van der Waals surface area contributed by atoms with Crippen molar-refractivity contribution in [3.63, 3.8) is 0 Å². The van der Waals surface area contributed by atoms with E-state index in [9.17, 15) is 0 Å². The van der Waals surface area contributed by atoms with Crippen molar-refractivity contribution >= 4 is 16.8 Å². The average Bonchev–Trinajstić information content (AvgIpc) is 2.26. The summed E-state index contributed by atoms with van der Waals surface area (Å²) in [5, 5.41) is 1.97. The Labute approximate surface area is 87.8 Å². The molecule has 14 heavy (non-hydrogen) atoms. The van der Waals surface area contributed by atoms with Gasteiger partial charge in [0.2, 0.25) is 0 Å². The Hall–Kier alpha value is -1.76. The van der Waals surface area contributed by atoms with Crippen LogP contribution in [0.1, 0.15) is 9.68 Å². The maximum atomic E-state index is 7.04. The van der Waals surface area contributed by atoms with Crippen LogP contribution in [0.5, 0.6) is 5.75 Å². The van der Waals surface area contributed by atoms with Crippen LogP contribution in [0.4, 0.5) is 0 Å². The molecule has 2 aromatic carbocycles. The lowest BCUT2D eigenvalue weighted by Crippen LogP contribution is -1.82. The first kappa shape index (κ1) is 5.86. The Bertz CT molecular complexity index is 558. The van der Waals surface area contributed by atoms with Crippen LogP contribution >= 0.6 is 0 Å². The van der Waals surface area contributed by atoms with E-state index in [1.165, 1.54) is 0 Å². The molecule has 0 unspecified atom stereocenters. The molecule has 1 heteroatoms. The summed E-state index contributed by atoms with van der Waals surface area (Å²) in [6, 6.07) is 11.0. The molecule has 0 radical (unpaired) electrons. The van der Waals surface area contributed by atoms with Gasteiger partial charge in [0, 0.05) is 0 Å². The summed E-state index contributed by atoms with van der Waals surface area (Å²) in [7, 11) is -2.41. The molecule has 0 N–H and O–H groups in total. The van der Waals surface area contributed by atoms with E-state index in [4.69, 9.17) is 8.85 Å². The topological polar surface area (TPSA) is 9.23 Å². The van der Waals surface area contributed by atoms with Crippen LogP contribution in [0.25, 0.3) is 16.8 Å². The van der Waals surface area contributed by atoms with Crippen molar-refractivity contribution < 1.29 is 8.85 Å². The number of rotatable bonds is 2. The highest BCUT2D eigenvalue weighted by atomic mass is 16.5. The molecule has 1 nitrogen and oxygen atoms in total. The molecule has 0 amide bonds. The zero-order valence-corrected chi connectivity index (χ0v) is 7.66. The maximum Gasteiger partial charge on any atom is 0.119 e. The predicted molar refractivity (Wildman–Crippen MR) is 60.6 cm³/mol. The Morgan fingerprint density at radius 2 is 2.00 bits per heavy atom. The van der Waals surface area contributed by atoms with Crippen LogP contribution < -0.4 is 4.74 Å². The van der Waals surface area contributed by atoms with Crippen molar-refractivity contribution in [2.45, 2.75) is 0 Å². The Morgan fingerprint density at radius 1 is 1.21 bits per heavy atom. The fourth-order valence-corrected chi connectivity index (χ4v) is 1.43. The fourth-order valence-electron chi connectivity index (χ4n) is 1.43. The molecule has 2 aromatic rings. The molecule has 70 valence electrons. The number of methoxy groups -OCH3 is 1. The van der Waals surface area contributed by atoms with E-state index in [2.05, 4.69) is 6.58 Å². The molecule has 0 aromatic heterocycles. The minimum absolute atomic E-state index is 0.351. The molecule has 0 saturated carbocycles. The lowest BCUT2D eigenvalue weighted by atomic mass is 10.1. The Balaban J connectivity index is 2.41. The van der Waals surface area contributed by atoms with Crippen molar-refractivity contribution in [1.29, 1.82) is 0 Å². The van der Waals surface area contributed by atoms with Crippen LogP contribution in [-0.2, 0) is 0 Å². The van der Waals surface area contributed by atoms with Gasteiger partial charge in [0.1, 0.15) is 5.75 Å². The zero-order valence-electron chi connectivity index (χ0n) is 10.7. The Kier molecular flexibility index (Phi) is 1.48. The van der Waals surface area contributed by atoms with E-state index < -0.39 is 7.04 Å². The van der Waals surface area contributed by atoms with Gasteiger partial charge in [0.05, 0.1) is 11.2 Å². The van der Waals surface area contributed by atoms with Crippen molar-refractivity contribution in [3.05, 3.63) is 48.5 Å². The van der Waals surface area contributed by atoms with Gasteiger partial charge in [0.25, 0.3) is 0 Å². The second-order valence-corrected chi connectivity index (χ2v) is 3.07. The summed E-state index contributed by atoms with van der Waals surface area (Å²) < 4.78 is 26.0. The second-order valence-electron chi connectivity index (χ2n) is 3.07. The highest BCUT2D eigenvalue weighted by Crippen LogP contribution is 2.21. The summed E-state index contributed by atoms with van der Waals surface area (Å²) in [6.07, 6.45) is 1.77. The van der Waals surface area contributed by atoms with Crippen molar-refractivity contribution in [2.75, 3.05) is 7.04 Å². The molecule has 0 aliphatic heterocycles. The molecular formula is C13H12O. The molecular weight excluding hydrogens is 172 g/mol.